The summed E-state index contributed by atoms with van der Waals surface area (Å²) in [5.74, 6) is -0.621. The molecule has 0 saturated heterocycles. The minimum atomic E-state index is -0.636. The van der Waals surface area contributed by atoms with Crippen LogP contribution in [0.2, 0.25) is 0 Å². The van der Waals surface area contributed by atoms with Crippen LogP contribution in [0, 0.1) is 0 Å². The van der Waals surface area contributed by atoms with Crippen LogP contribution in [0.4, 0.5) is 5.69 Å². The van der Waals surface area contributed by atoms with Crippen molar-refractivity contribution in [3.8, 4) is 11.5 Å². The molecule has 0 radical (unpaired) electrons. The van der Waals surface area contributed by atoms with E-state index in [1.54, 1.807) is 0 Å². The van der Waals surface area contributed by atoms with Crippen molar-refractivity contribution in [3.05, 3.63) is 53.6 Å². The molecule has 8 heteroatoms. The van der Waals surface area contributed by atoms with Crippen LogP contribution in [-0.2, 0) is 14.3 Å². The number of hydrogen-bond acceptors (Lipinski definition) is 6. The number of nitrogens with one attached hydrogen (secondary N) is 2. The van der Waals surface area contributed by atoms with E-state index in [-0.39, 0.29) is 23.6 Å². The monoisotopic (exact) mass is 400 g/mol. The average Bonchev–Trinajstić information content (AvgIpc) is 2.72. The van der Waals surface area contributed by atoms with Crippen molar-refractivity contribution < 1.29 is 28.6 Å². The molecular weight excluding hydrogens is 376 g/mol. The highest BCUT2D eigenvalue weighted by molar-refractivity contribution is 6.02. The first-order chi connectivity index (χ1) is 13.9. The molecule has 0 aliphatic heterocycles. The van der Waals surface area contributed by atoms with E-state index in [2.05, 4.69) is 10.6 Å². The van der Waals surface area contributed by atoms with E-state index < -0.39 is 17.9 Å². The summed E-state index contributed by atoms with van der Waals surface area (Å²) in [5, 5.41) is 5.46. The van der Waals surface area contributed by atoms with Crippen LogP contribution in [0.1, 0.15) is 35.3 Å². The standard InChI is InChI=1S/C21H24N2O6/c1-13(24)22-16(14-8-6-5-7-9-14)12-20(25)23-17-11-19(28-3)18(27-2)10-15(17)21(26)29-4/h5-11,16H,12H2,1-4H3,(H,22,24)(H,23,25)/t16-/m0/s1. The van der Waals surface area contributed by atoms with E-state index >= 15 is 0 Å². The number of carbonyl (C=O) groups excluding carboxylic acids is 3. The van der Waals surface area contributed by atoms with Gasteiger partial charge in [0.05, 0.1) is 45.0 Å². The predicted molar refractivity (Wildman–Crippen MR) is 107 cm³/mol. The Hall–Kier alpha value is -3.55. The quantitative estimate of drug-likeness (QED) is 0.661. The Morgan fingerprint density at radius 1 is 0.966 bits per heavy atom. The third kappa shape index (κ3) is 5.71. The number of hydrogen-bond donors (Lipinski definition) is 2. The van der Waals surface area contributed by atoms with E-state index in [9.17, 15) is 14.4 Å². The smallest absolute Gasteiger partial charge is 0.340 e. The second-order valence-electron chi connectivity index (χ2n) is 6.16. The van der Waals surface area contributed by atoms with Crippen molar-refractivity contribution in [2.75, 3.05) is 26.6 Å². The van der Waals surface area contributed by atoms with Crippen molar-refractivity contribution >= 4 is 23.5 Å². The Balaban J connectivity index is 2.30. The number of ether oxygens (including phenoxy) is 3. The Labute approximate surface area is 169 Å². The van der Waals surface area contributed by atoms with Crippen LogP contribution < -0.4 is 20.1 Å². The van der Waals surface area contributed by atoms with Crippen molar-refractivity contribution in [2.45, 2.75) is 19.4 Å². The molecule has 0 heterocycles. The van der Waals surface area contributed by atoms with Crippen LogP contribution in [0.15, 0.2) is 42.5 Å². The van der Waals surface area contributed by atoms with Gasteiger partial charge < -0.3 is 24.8 Å². The maximum absolute atomic E-state index is 12.7. The molecule has 2 aromatic rings. The Morgan fingerprint density at radius 2 is 1.59 bits per heavy atom. The molecule has 2 aromatic carbocycles. The van der Waals surface area contributed by atoms with Gasteiger partial charge in [-0.1, -0.05) is 30.3 Å². The molecule has 0 spiro atoms. The number of amides is 2. The van der Waals surface area contributed by atoms with Crippen LogP contribution in [-0.4, -0.2) is 39.1 Å². The first-order valence-electron chi connectivity index (χ1n) is 8.85. The molecule has 2 rings (SSSR count). The highest BCUT2D eigenvalue weighted by Gasteiger charge is 2.21. The Bertz CT molecular complexity index is 882. The highest BCUT2D eigenvalue weighted by Crippen LogP contribution is 2.34. The predicted octanol–water partition coefficient (Wildman–Crippen LogP) is 2.70. The van der Waals surface area contributed by atoms with Gasteiger partial charge in [-0.2, -0.15) is 0 Å². The van der Waals surface area contributed by atoms with Gasteiger partial charge in [0, 0.05) is 19.1 Å². The number of anilines is 1. The van der Waals surface area contributed by atoms with Crippen LogP contribution in [0.5, 0.6) is 11.5 Å². The lowest BCUT2D eigenvalue weighted by Gasteiger charge is -2.19. The van der Waals surface area contributed by atoms with Gasteiger partial charge in [-0.3, -0.25) is 9.59 Å². The Morgan fingerprint density at radius 3 is 2.14 bits per heavy atom. The summed E-state index contributed by atoms with van der Waals surface area (Å²) in [6.07, 6.45) is -0.0292. The van der Waals surface area contributed by atoms with Gasteiger partial charge in [-0.15, -0.1) is 0 Å². The summed E-state index contributed by atoms with van der Waals surface area (Å²) in [4.78, 5) is 36.4. The second kappa shape index (κ2) is 10.1. The first kappa shape index (κ1) is 21.7. The van der Waals surface area contributed by atoms with Gasteiger partial charge in [0.15, 0.2) is 11.5 Å². The average molecular weight is 400 g/mol. The lowest BCUT2D eigenvalue weighted by atomic mass is 10.0. The second-order valence-corrected chi connectivity index (χ2v) is 6.16. The van der Waals surface area contributed by atoms with E-state index in [1.807, 2.05) is 30.3 Å². The number of carbonyl (C=O) groups is 3. The molecule has 154 valence electrons. The van der Waals surface area contributed by atoms with Gasteiger partial charge in [0.2, 0.25) is 11.8 Å². The SMILES string of the molecule is COC(=O)c1cc(OC)c(OC)cc1NC(=O)C[C@H](NC(C)=O)c1ccccc1. The molecule has 0 aromatic heterocycles. The van der Waals surface area contributed by atoms with Crippen molar-refractivity contribution in [3.63, 3.8) is 0 Å². The van der Waals surface area contributed by atoms with Gasteiger partial charge in [-0.05, 0) is 5.56 Å². The summed E-state index contributed by atoms with van der Waals surface area (Å²) < 4.78 is 15.2. The zero-order valence-corrected chi connectivity index (χ0v) is 16.8. The number of esters is 1. The third-order valence-corrected chi connectivity index (χ3v) is 4.17. The van der Waals surface area contributed by atoms with E-state index in [0.717, 1.165) is 5.56 Å². The van der Waals surface area contributed by atoms with Crippen molar-refractivity contribution in [1.82, 2.24) is 5.32 Å². The van der Waals surface area contributed by atoms with Crippen LogP contribution >= 0.6 is 0 Å². The fourth-order valence-electron chi connectivity index (χ4n) is 2.83. The molecule has 2 N–H and O–H groups in total. The topological polar surface area (TPSA) is 103 Å². The zero-order chi connectivity index (χ0) is 21.4. The fraction of sp³-hybridized carbons (Fsp3) is 0.286. The minimum absolute atomic E-state index is 0.0292. The lowest BCUT2D eigenvalue weighted by molar-refractivity contribution is -0.120. The zero-order valence-electron chi connectivity index (χ0n) is 16.8. The van der Waals surface area contributed by atoms with E-state index in [0.29, 0.717) is 11.5 Å². The van der Waals surface area contributed by atoms with E-state index in [1.165, 1.54) is 40.4 Å². The summed E-state index contributed by atoms with van der Waals surface area (Å²) in [7, 11) is 4.13. The normalized spacial score (nSPS) is 11.2. The largest absolute Gasteiger partial charge is 0.493 e. The molecule has 0 unspecified atom stereocenters. The maximum atomic E-state index is 12.7. The third-order valence-electron chi connectivity index (χ3n) is 4.17. The molecule has 0 aliphatic carbocycles. The molecular formula is C21H24N2O6. The van der Waals surface area contributed by atoms with Gasteiger partial charge >= 0.3 is 5.97 Å². The molecule has 0 saturated carbocycles. The summed E-state index contributed by atoms with van der Waals surface area (Å²) in [6.45, 7) is 1.39. The molecule has 0 bridgehead atoms. The lowest BCUT2D eigenvalue weighted by Crippen LogP contribution is -2.30. The van der Waals surface area contributed by atoms with Crippen LogP contribution in [0.3, 0.4) is 0 Å². The van der Waals surface area contributed by atoms with Crippen molar-refractivity contribution in [1.29, 1.82) is 0 Å². The number of methoxy groups -OCH3 is 3. The summed E-state index contributed by atoms with van der Waals surface area (Å²) in [5.41, 5.74) is 1.13. The Kier molecular flexibility index (Phi) is 7.59. The first-order valence-corrected chi connectivity index (χ1v) is 8.85. The highest BCUT2D eigenvalue weighted by atomic mass is 16.5. The summed E-state index contributed by atoms with van der Waals surface area (Å²) >= 11 is 0. The summed E-state index contributed by atoms with van der Waals surface area (Å²) in [6, 6.07) is 11.5. The number of benzene rings is 2. The maximum Gasteiger partial charge on any atom is 0.340 e. The van der Waals surface area contributed by atoms with E-state index in [4.69, 9.17) is 14.2 Å². The van der Waals surface area contributed by atoms with Gasteiger partial charge in [0.1, 0.15) is 0 Å². The molecule has 0 fully saturated rings. The van der Waals surface area contributed by atoms with Crippen molar-refractivity contribution in [2.24, 2.45) is 0 Å². The van der Waals surface area contributed by atoms with Gasteiger partial charge in [-0.25, -0.2) is 4.79 Å². The van der Waals surface area contributed by atoms with Gasteiger partial charge in [0.25, 0.3) is 0 Å². The molecule has 8 nitrogen and oxygen atoms in total. The minimum Gasteiger partial charge on any atom is -0.493 e. The van der Waals surface area contributed by atoms with Crippen LogP contribution in [0.25, 0.3) is 0 Å². The molecule has 29 heavy (non-hydrogen) atoms. The number of rotatable bonds is 8. The molecule has 2 amide bonds. The fourth-order valence-corrected chi connectivity index (χ4v) is 2.83. The molecule has 1 atom stereocenters. The molecule has 0 aliphatic rings.